The van der Waals surface area contributed by atoms with Crippen LogP contribution in [0.2, 0.25) is 0 Å². The molecule has 68 valence electrons. The molecule has 0 fully saturated rings. The molecule has 2 rings (SSSR count). The van der Waals surface area contributed by atoms with Crippen LogP contribution in [-0.2, 0) is 0 Å². The maximum atomic E-state index is 9.58. The fourth-order valence-electron chi connectivity index (χ4n) is 1.31. The summed E-state index contributed by atoms with van der Waals surface area (Å²) < 4.78 is 1.23. The number of hydrogen-bond donors (Lipinski definition) is 2. The van der Waals surface area contributed by atoms with Crippen molar-refractivity contribution in [1.82, 2.24) is 0 Å². The molecule has 1 atom stereocenters. The molecule has 3 heteroatoms. The number of fused-ring (bicyclic) bond motifs is 1. The van der Waals surface area contributed by atoms with Crippen molar-refractivity contribution in [2.75, 3.05) is 6.54 Å². The Balaban J connectivity index is 2.49. The highest BCUT2D eigenvalue weighted by Gasteiger charge is 2.10. The summed E-state index contributed by atoms with van der Waals surface area (Å²) in [6.45, 7) is 0.535. The fraction of sp³-hybridized carbons (Fsp3) is 0.200. The second kappa shape index (κ2) is 3.46. The van der Waals surface area contributed by atoms with Gasteiger partial charge in [-0.25, -0.2) is 0 Å². The van der Waals surface area contributed by atoms with Crippen molar-refractivity contribution in [2.45, 2.75) is 6.10 Å². The molecule has 0 radical (unpaired) electrons. The summed E-state index contributed by atoms with van der Waals surface area (Å²) >= 11 is 1.64. The number of quaternary nitrogens is 1. The van der Waals surface area contributed by atoms with E-state index in [9.17, 15) is 5.11 Å². The molecule has 0 bridgehead atoms. The van der Waals surface area contributed by atoms with Crippen LogP contribution in [-0.4, -0.2) is 11.7 Å². The number of hydrogen-bond acceptors (Lipinski definition) is 2. The summed E-state index contributed by atoms with van der Waals surface area (Å²) in [4.78, 5) is 1.01. The number of thiophene rings is 1. The Morgan fingerprint density at radius 2 is 2.15 bits per heavy atom. The summed E-state index contributed by atoms with van der Waals surface area (Å²) in [7, 11) is 0. The third-order valence-electron chi connectivity index (χ3n) is 2.05. The van der Waals surface area contributed by atoms with Crippen LogP contribution in [0.15, 0.2) is 30.3 Å². The van der Waals surface area contributed by atoms with Gasteiger partial charge in [-0.2, -0.15) is 0 Å². The topological polar surface area (TPSA) is 47.9 Å². The van der Waals surface area contributed by atoms with E-state index in [-0.39, 0.29) is 0 Å². The zero-order valence-electron chi connectivity index (χ0n) is 7.23. The second-order valence-corrected chi connectivity index (χ2v) is 4.11. The summed E-state index contributed by atoms with van der Waals surface area (Å²) in [6, 6.07) is 10.2. The number of rotatable bonds is 2. The minimum atomic E-state index is -0.405. The van der Waals surface area contributed by atoms with E-state index >= 15 is 0 Å². The molecule has 0 aliphatic carbocycles. The normalized spacial score (nSPS) is 13.4. The molecule has 0 aliphatic heterocycles. The van der Waals surface area contributed by atoms with Crippen LogP contribution in [0.4, 0.5) is 0 Å². The van der Waals surface area contributed by atoms with Gasteiger partial charge in [0.05, 0.1) is 0 Å². The molecule has 1 heterocycles. The number of aliphatic hydroxyl groups excluding tert-OH is 1. The Bertz CT molecular complexity index is 377. The lowest BCUT2D eigenvalue weighted by atomic mass is 10.2. The van der Waals surface area contributed by atoms with E-state index < -0.39 is 6.10 Å². The van der Waals surface area contributed by atoms with Crippen LogP contribution < -0.4 is 5.73 Å². The van der Waals surface area contributed by atoms with Crippen LogP contribution in [0.5, 0.6) is 0 Å². The molecule has 0 spiro atoms. The smallest absolute Gasteiger partial charge is 0.137 e. The number of aliphatic hydroxyl groups is 1. The van der Waals surface area contributed by atoms with E-state index in [0.717, 1.165) is 4.88 Å². The lowest BCUT2D eigenvalue weighted by molar-refractivity contribution is -0.384. The van der Waals surface area contributed by atoms with Gasteiger partial charge in [0.15, 0.2) is 0 Å². The van der Waals surface area contributed by atoms with Gasteiger partial charge in [-0.3, -0.25) is 0 Å². The Kier molecular flexibility index (Phi) is 2.31. The van der Waals surface area contributed by atoms with Crippen molar-refractivity contribution < 1.29 is 10.8 Å². The molecule has 0 amide bonds. The molecule has 1 aromatic heterocycles. The van der Waals surface area contributed by atoms with E-state index in [1.54, 1.807) is 11.3 Å². The molecule has 13 heavy (non-hydrogen) atoms. The van der Waals surface area contributed by atoms with Gasteiger partial charge in [0.25, 0.3) is 0 Å². The van der Waals surface area contributed by atoms with Crippen molar-refractivity contribution in [3.8, 4) is 0 Å². The standard InChI is InChI=1S/C10H11NOS/c11-6-8(12)10-5-7-3-1-2-4-9(7)13-10/h1-5,8,12H,6,11H2/p+1/t8-/m1/s1. The lowest BCUT2D eigenvalue weighted by Gasteiger charge is -1.99. The fourth-order valence-corrected chi connectivity index (χ4v) is 2.39. The van der Waals surface area contributed by atoms with Gasteiger partial charge < -0.3 is 10.8 Å². The van der Waals surface area contributed by atoms with Gasteiger partial charge in [-0.1, -0.05) is 18.2 Å². The van der Waals surface area contributed by atoms with E-state index in [1.165, 1.54) is 10.1 Å². The monoisotopic (exact) mass is 194 g/mol. The largest absolute Gasteiger partial charge is 0.382 e. The van der Waals surface area contributed by atoms with Gasteiger partial charge in [0, 0.05) is 9.58 Å². The van der Waals surface area contributed by atoms with E-state index in [4.69, 9.17) is 0 Å². The molecule has 0 saturated heterocycles. The first-order valence-corrected chi connectivity index (χ1v) is 5.08. The Morgan fingerprint density at radius 3 is 2.85 bits per heavy atom. The van der Waals surface area contributed by atoms with Crippen LogP contribution in [0.1, 0.15) is 11.0 Å². The maximum Gasteiger partial charge on any atom is 0.137 e. The SMILES string of the molecule is [NH3+]C[C@@H](O)c1cc2ccccc2s1. The highest BCUT2D eigenvalue weighted by atomic mass is 32.1. The molecule has 2 aromatic rings. The third kappa shape index (κ3) is 1.58. The first-order chi connectivity index (χ1) is 6.31. The highest BCUT2D eigenvalue weighted by Crippen LogP contribution is 2.28. The Morgan fingerprint density at radius 1 is 1.38 bits per heavy atom. The molecular formula is C10H12NOS+. The summed E-state index contributed by atoms with van der Waals surface area (Å²) in [5, 5.41) is 10.8. The average Bonchev–Trinajstić information content (AvgIpc) is 2.59. The van der Waals surface area contributed by atoms with E-state index in [0.29, 0.717) is 6.54 Å². The van der Waals surface area contributed by atoms with Crippen LogP contribution >= 0.6 is 11.3 Å². The van der Waals surface area contributed by atoms with Crippen molar-refractivity contribution in [1.29, 1.82) is 0 Å². The molecule has 0 aliphatic rings. The zero-order valence-corrected chi connectivity index (χ0v) is 8.05. The second-order valence-electron chi connectivity index (χ2n) is 2.99. The zero-order chi connectivity index (χ0) is 9.26. The van der Waals surface area contributed by atoms with Crippen molar-refractivity contribution in [3.63, 3.8) is 0 Å². The van der Waals surface area contributed by atoms with Crippen molar-refractivity contribution in [2.24, 2.45) is 0 Å². The van der Waals surface area contributed by atoms with Gasteiger partial charge in [-0.05, 0) is 17.5 Å². The van der Waals surface area contributed by atoms with Crippen molar-refractivity contribution >= 4 is 21.4 Å². The third-order valence-corrected chi connectivity index (χ3v) is 3.26. The molecule has 4 N–H and O–H groups in total. The van der Waals surface area contributed by atoms with Gasteiger partial charge in [0.2, 0.25) is 0 Å². The van der Waals surface area contributed by atoms with Crippen molar-refractivity contribution in [3.05, 3.63) is 35.2 Å². The predicted molar refractivity (Wildman–Crippen MR) is 54.5 cm³/mol. The molecule has 0 saturated carbocycles. The summed E-state index contributed by atoms with van der Waals surface area (Å²) in [6.07, 6.45) is -0.405. The molecule has 1 aromatic carbocycles. The maximum absolute atomic E-state index is 9.58. The average molecular weight is 194 g/mol. The van der Waals surface area contributed by atoms with E-state index in [1.807, 2.05) is 18.2 Å². The molecule has 2 nitrogen and oxygen atoms in total. The quantitative estimate of drug-likeness (QED) is 0.741. The number of benzene rings is 1. The molecular weight excluding hydrogens is 182 g/mol. The van der Waals surface area contributed by atoms with Crippen LogP contribution in [0.3, 0.4) is 0 Å². The minimum Gasteiger partial charge on any atom is -0.382 e. The van der Waals surface area contributed by atoms with E-state index in [2.05, 4.69) is 17.9 Å². The van der Waals surface area contributed by atoms with Crippen LogP contribution in [0, 0.1) is 0 Å². The van der Waals surface area contributed by atoms with Gasteiger partial charge in [-0.15, -0.1) is 11.3 Å². The highest BCUT2D eigenvalue weighted by molar-refractivity contribution is 7.19. The van der Waals surface area contributed by atoms with Gasteiger partial charge >= 0.3 is 0 Å². The van der Waals surface area contributed by atoms with Crippen LogP contribution in [0.25, 0.3) is 10.1 Å². The summed E-state index contributed by atoms with van der Waals surface area (Å²) in [5.41, 5.74) is 3.69. The molecule has 0 unspecified atom stereocenters. The Hall–Kier alpha value is -0.900. The first-order valence-electron chi connectivity index (χ1n) is 4.27. The summed E-state index contributed by atoms with van der Waals surface area (Å²) in [5.74, 6) is 0. The Labute approximate surface area is 80.6 Å². The van der Waals surface area contributed by atoms with Gasteiger partial charge in [0.1, 0.15) is 12.6 Å². The first kappa shape index (κ1) is 8.69. The minimum absolute atomic E-state index is 0.405. The lowest BCUT2D eigenvalue weighted by Crippen LogP contribution is -2.52. The predicted octanol–water partition coefficient (Wildman–Crippen LogP) is 1.18.